The van der Waals surface area contributed by atoms with Crippen LogP contribution in [0.5, 0.6) is 0 Å². The van der Waals surface area contributed by atoms with E-state index in [1.165, 1.54) is 5.56 Å². The van der Waals surface area contributed by atoms with Crippen LogP contribution in [0.25, 0.3) is 11.1 Å². The molecule has 5 heteroatoms. The minimum absolute atomic E-state index is 0.0667. The SMILES string of the molecule is O=C(c1ccc(-c2cc(Cl)cc(Cl)c2)cc1)N1CCC(c2cccnc2)C1. The maximum Gasteiger partial charge on any atom is 0.253 e. The fraction of sp³-hybridized carbons (Fsp3) is 0.182. The van der Waals surface area contributed by atoms with E-state index in [-0.39, 0.29) is 5.91 Å². The Kier molecular flexibility index (Phi) is 5.15. The molecule has 4 rings (SSSR count). The lowest BCUT2D eigenvalue weighted by Gasteiger charge is -2.17. The third-order valence-corrected chi connectivity index (χ3v) is 5.40. The molecule has 0 radical (unpaired) electrons. The Labute approximate surface area is 168 Å². The van der Waals surface area contributed by atoms with Gasteiger partial charge in [0.05, 0.1) is 0 Å². The number of aromatic nitrogens is 1. The van der Waals surface area contributed by atoms with Gasteiger partial charge in [0, 0.05) is 47.0 Å². The third-order valence-electron chi connectivity index (χ3n) is 4.96. The Balaban J connectivity index is 1.48. The molecule has 1 aromatic heterocycles. The summed E-state index contributed by atoms with van der Waals surface area (Å²) < 4.78 is 0. The average Bonchev–Trinajstić information content (AvgIpc) is 3.18. The smallest absolute Gasteiger partial charge is 0.253 e. The first kappa shape index (κ1) is 18.0. The summed E-state index contributed by atoms with van der Waals surface area (Å²) in [7, 11) is 0. The summed E-state index contributed by atoms with van der Waals surface area (Å²) in [6.45, 7) is 1.50. The van der Waals surface area contributed by atoms with Crippen molar-refractivity contribution in [3.05, 3.63) is 88.2 Å². The van der Waals surface area contributed by atoms with Crippen LogP contribution < -0.4 is 0 Å². The highest BCUT2D eigenvalue weighted by Gasteiger charge is 2.28. The van der Waals surface area contributed by atoms with Crippen molar-refractivity contribution in [1.29, 1.82) is 0 Å². The van der Waals surface area contributed by atoms with Crippen LogP contribution in [-0.2, 0) is 0 Å². The van der Waals surface area contributed by atoms with Gasteiger partial charge in [-0.15, -0.1) is 0 Å². The van der Waals surface area contributed by atoms with Crippen LogP contribution in [0.4, 0.5) is 0 Å². The van der Waals surface area contributed by atoms with Crippen LogP contribution in [0, 0.1) is 0 Å². The first-order valence-electron chi connectivity index (χ1n) is 8.86. The van der Waals surface area contributed by atoms with Crippen LogP contribution in [0.2, 0.25) is 10.0 Å². The van der Waals surface area contributed by atoms with E-state index < -0.39 is 0 Å². The summed E-state index contributed by atoms with van der Waals surface area (Å²) >= 11 is 12.2. The molecule has 1 aliphatic heterocycles. The van der Waals surface area contributed by atoms with Gasteiger partial charge >= 0.3 is 0 Å². The Morgan fingerprint density at radius 2 is 1.74 bits per heavy atom. The topological polar surface area (TPSA) is 33.2 Å². The fourth-order valence-corrected chi connectivity index (χ4v) is 4.07. The summed E-state index contributed by atoms with van der Waals surface area (Å²) in [6, 6.07) is 17.1. The van der Waals surface area contributed by atoms with Gasteiger partial charge in [-0.05, 0) is 59.5 Å². The molecule has 1 saturated heterocycles. The molecule has 1 unspecified atom stereocenters. The molecule has 1 atom stereocenters. The highest BCUT2D eigenvalue weighted by atomic mass is 35.5. The largest absolute Gasteiger partial charge is 0.338 e. The second-order valence-electron chi connectivity index (χ2n) is 6.76. The van der Waals surface area contributed by atoms with E-state index in [0.29, 0.717) is 21.5 Å². The number of rotatable bonds is 3. The number of likely N-dealkylation sites (tertiary alicyclic amines) is 1. The van der Waals surface area contributed by atoms with E-state index in [0.717, 1.165) is 30.6 Å². The number of hydrogen-bond acceptors (Lipinski definition) is 2. The minimum atomic E-state index is 0.0667. The summed E-state index contributed by atoms with van der Waals surface area (Å²) in [6.07, 6.45) is 4.64. The predicted molar refractivity (Wildman–Crippen MR) is 109 cm³/mol. The van der Waals surface area contributed by atoms with E-state index in [9.17, 15) is 4.79 Å². The fourth-order valence-electron chi connectivity index (χ4n) is 3.54. The molecule has 0 N–H and O–H groups in total. The molecule has 0 saturated carbocycles. The van der Waals surface area contributed by atoms with Crippen LogP contribution in [0.1, 0.15) is 28.3 Å². The molecular weight excluding hydrogens is 379 g/mol. The maximum atomic E-state index is 12.8. The monoisotopic (exact) mass is 396 g/mol. The predicted octanol–water partition coefficient (Wildman–Crippen LogP) is 5.69. The zero-order chi connectivity index (χ0) is 18.8. The first-order chi connectivity index (χ1) is 13.1. The van der Waals surface area contributed by atoms with Crippen molar-refractivity contribution in [1.82, 2.24) is 9.88 Å². The molecule has 1 amide bonds. The van der Waals surface area contributed by atoms with E-state index in [2.05, 4.69) is 11.1 Å². The van der Waals surface area contributed by atoms with Gasteiger partial charge in [0.1, 0.15) is 0 Å². The molecular formula is C22H18Cl2N2O. The van der Waals surface area contributed by atoms with Crippen LogP contribution in [0.3, 0.4) is 0 Å². The average molecular weight is 397 g/mol. The molecule has 27 heavy (non-hydrogen) atoms. The second-order valence-corrected chi connectivity index (χ2v) is 7.63. The standard InChI is InChI=1S/C22H18Cl2N2O/c23-20-10-19(11-21(24)12-20)15-3-5-16(6-4-15)22(27)26-9-7-18(14-26)17-2-1-8-25-13-17/h1-6,8,10-13,18H,7,9,14H2. The first-order valence-corrected chi connectivity index (χ1v) is 9.61. The van der Waals surface area contributed by atoms with Gasteiger partial charge in [0.15, 0.2) is 0 Å². The van der Waals surface area contributed by atoms with Crippen molar-refractivity contribution in [3.63, 3.8) is 0 Å². The summed E-state index contributed by atoms with van der Waals surface area (Å²) in [4.78, 5) is 19.0. The van der Waals surface area contributed by atoms with Gasteiger partial charge in [-0.2, -0.15) is 0 Å². The molecule has 0 spiro atoms. The molecule has 3 aromatic rings. The van der Waals surface area contributed by atoms with Crippen molar-refractivity contribution in [2.45, 2.75) is 12.3 Å². The van der Waals surface area contributed by atoms with Gasteiger partial charge in [0.25, 0.3) is 5.91 Å². The molecule has 1 aliphatic rings. The van der Waals surface area contributed by atoms with Crippen molar-refractivity contribution in [2.24, 2.45) is 0 Å². The van der Waals surface area contributed by atoms with Gasteiger partial charge in [0.2, 0.25) is 0 Å². The third kappa shape index (κ3) is 4.00. The summed E-state index contributed by atoms with van der Waals surface area (Å²) in [5.41, 5.74) is 3.80. The van der Waals surface area contributed by atoms with Gasteiger partial charge in [-0.25, -0.2) is 0 Å². The Morgan fingerprint density at radius 1 is 1.00 bits per heavy atom. The molecule has 0 aliphatic carbocycles. The number of benzene rings is 2. The molecule has 1 fully saturated rings. The van der Waals surface area contributed by atoms with Crippen molar-refractivity contribution in [3.8, 4) is 11.1 Å². The van der Waals surface area contributed by atoms with E-state index in [4.69, 9.17) is 23.2 Å². The van der Waals surface area contributed by atoms with Crippen molar-refractivity contribution >= 4 is 29.1 Å². The molecule has 136 valence electrons. The van der Waals surface area contributed by atoms with E-state index in [1.807, 2.05) is 53.6 Å². The molecule has 2 aromatic carbocycles. The zero-order valence-corrected chi connectivity index (χ0v) is 16.1. The Bertz CT molecular complexity index is 938. The number of halogens is 2. The maximum absolute atomic E-state index is 12.8. The van der Waals surface area contributed by atoms with Gasteiger partial charge < -0.3 is 4.90 Å². The number of hydrogen-bond donors (Lipinski definition) is 0. The summed E-state index contributed by atoms with van der Waals surface area (Å²) in [5.74, 6) is 0.424. The molecule has 3 nitrogen and oxygen atoms in total. The normalized spacial score (nSPS) is 16.5. The summed E-state index contributed by atoms with van der Waals surface area (Å²) in [5, 5.41) is 1.19. The van der Waals surface area contributed by atoms with Gasteiger partial charge in [-0.1, -0.05) is 41.4 Å². The molecule has 2 heterocycles. The number of carbonyl (C=O) groups is 1. The molecule has 0 bridgehead atoms. The highest BCUT2D eigenvalue weighted by molar-refractivity contribution is 6.35. The number of pyridine rings is 1. The zero-order valence-electron chi connectivity index (χ0n) is 14.6. The van der Waals surface area contributed by atoms with Crippen LogP contribution >= 0.6 is 23.2 Å². The minimum Gasteiger partial charge on any atom is -0.338 e. The lowest BCUT2D eigenvalue weighted by Crippen LogP contribution is -2.28. The van der Waals surface area contributed by atoms with Crippen LogP contribution in [-0.4, -0.2) is 28.9 Å². The second kappa shape index (κ2) is 7.71. The quantitative estimate of drug-likeness (QED) is 0.569. The number of amides is 1. The van der Waals surface area contributed by atoms with Crippen molar-refractivity contribution < 1.29 is 4.79 Å². The number of nitrogens with zero attached hydrogens (tertiary/aromatic N) is 2. The Hall–Kier alpha value is -2.36. The van der Waals surface area contributed by atoms with Crippen molar-refractivity contribution in [2.75, 3.05) is 13.1 Å². The highest BCUT2D eigenvalue weighted by Crippen LogP contribution is 2.29. The number of carbonyl (C=O) groups excluding carboxylic acids is 1. The van der Waals surface area contributed by atoms with E-state index in [1.54, 1.807) is 12.3 Å². The van der Waals surface area contributed by atoms with E-state index >= 15 is 0 Å². The lowest BCUT2D eigenvalue weighted by atomic mass is 10.0. The lowest BCUT2D eigenvalue weighted by molar-refractivity contribution is 0.0791. The Morgan fingerprint density at radius 3 is 2.41 bits per heavy atom. The van der Waals surface area contributed by atoms with Crippen LogP contribution in [0.15, 0.2) is 67.0 Å². The van der Waals surface area contributed by atoms with Gasteiger partial charge in [-0.3, -0.25) is 9.78 Å².